The van der Waals surface area contributed by atoms with Crippen molar-refractivity contribution in [2.24, 2.45) is 0 Å². The highest BCUT2D eigenvalue weighted by atomic mass is 16.8. The molecule has 15 nitrogen and oxygen atoms in total. The highest BCUT2D eigenvalue weighted by Gasteiger charge is 2.57. The zero-order chi connectivity index (χ0) is 43.0. The van der Waals surface area contributed by atoms with Gasteiger partial charge >= 0.3 is 23.9 Å². The van der Waals surface area contributed by atoms with E-state index in [1.807, 2.05) is 6.07 Å². The van der Waals surface area contributed by atoms with Gasteiger partial charge in [0, 0.05) is 5.56 Å². The molecule has 2 N–H and O–H groups in total. The highest BCUT2D eigenvalue weighted by molar-refractivity contribution is 5.91. The third-order valence-electron chi connectivity index (χ3n) is 10.4. The minimum absolute atomic E-state index is 0.0889. The van der Waals surface area contributed by atoms with Gasteiger partial charge in [-0.05, 0) is 48.5 Å². The smallest absolute Gasteiger partial charge is 0.340 e. The van der Waals surface area contributed by atoms with Crippen LogP contribution in [-0.2, 0) is 42.6 Å². The fourth-order valence-electron chi connectivity index (χ4n) is 7.25. The maximum atomic E-state index is 14.0. The van der Waals surface area contributed by atoms with Gasteiger partial charge in [0.2, 0.25) is 12.4 Å². The van der Waals surface area contributed by atoms with E-state index in [0.717, 1.165) is 0 Å². The predicted octanol–water partition coefficient (Wildman–Crippen LogP) is 4.82. The summed E-state index contributed by atoms with van der Waals surface area (Å²) in [6.07, 6.45) is -16.4. The third-order valence-corrected chi connectivity index (χ3v) is 10.4. The molecule has 15 heteroatoms. The topological polar surface area (TPSA) is 192 Å². The molecule has 0 aromatic heterocycles. The van der Waals surface area contributed by atoms with E-state index in [9.17, 15) is 29.4 Å². The summed E-state index contributed by atoms with van der Waals surface area (Å²) in [4.78, 5) is 54.9. The molecular weight excluding hydrogens is 805 g/mol. The average Bonchev–Trinajstić information content (AvgIpc) is 3.32. The van der Waals surface area contributed by atoms with Gasteiger partial charge in [0.05, 0.1) is 28.9 Å². The summed E-state index contributed by atoms with van der Waals surface area (Å²) >= 11 is 0. The molecule has 8 rings (SSSR count). The first-order valence-electron chi connectivity index (χ1n) is 19.9. The van der Waals surface area contributed by atoms with Crippen molar-refractivity contribution in [1.29, 1.82) is 0 Å². The molecule has 0 radical (unpaired) electrons. The summed E-state index contributed by atoms with van der Waals surface area (Å²) < 4.78 is 54.8. The maximum absolute atomic E-state index is 14.0. The number of carbonyl (C=O) groups is 4. The van der Waals surface area contributed by atoms with Gasteiger partial charge < -0.3 is 52.8 Å². The fraction of sp³-hybridized carbons (Fsp3) is 0.277. The van der Waals surface area contributed by atoms with Gasteiger partial charge in [-0.25, -0.2) is 19.2 Å². The van der Waals surface area contributed by atoms with E-state index in [4.69, 9.17) is 42.6 Å². The van der Waals surface area contributed by atoms with Crippen LogP contribution in [0.5, 0.6) is 0 Å². The van der Waals surface area contributed by atoms with Gasteiger partial charge in [0.1, 0.15) is 43.2 Å². The Kier molecular flexibility index (Phi) is 13.4. The van der Waals surface area contributed by atoms with E-state index >= 15 is 0 Å². The van der Waals surface area contributed by atoms with Gasteiger partial charge in [-0.2, -0.15) is 0 Å². The van der Waals surface area contributed by atoms with E-state index < -0.39 is 98.2 Å². The van der Waals surface area contributed by atoms with Gasteiger partial charge in [-0.1, -0.05) is 103 Å². The molecule has 3 aliphatic heterocycles. The van der Waals surface area contributed by atoms with E-state index in [2.05, 4.69) is 0 Å². The first-order chi connectivity index (χ1) is 30.2. The van der Waals surface area contributed by atoms with Gasteiger partial charge in [0.25, 0.3) is 0 Å². The standard InChI is InChI=1S/C47H42O15/c48-35-36(49)46(56-33-27-55-45(60-37(33)35)32-24-14-5-15-25-32)61-38-34(26-54-41(50)28-16-6-1-7-17-28)57-47(62-44(53)31-22-12-4-13-23-31)40(59-43(52)30-20-10-3-11-21-30)39(38)58-42(51)29-18-8-2-9-19-29/h1-25,33-40,45-49H,26-27H2/t33-,34-,35-,36-,37+,38-,39+,40+,45?,46+,47-/m1/s1. The van der Waals surface area contributed by atoms with Crippen molar-refractivity contribution in [3.8, 4) is 0 Å². The van der Waals surface area contributed by atoms with Crippen molar-refractivity contribution < 1.29 is 72.0 Å². The van der Waals surface area contributed by atoms with Crippen LogP contribution in [0.25, 0.3) is 0 Å². The van der Waals surface area contributed by atoms with Crippen molar-refractivity contribution in [2.75, 3.05) is 13.2 Å². The van der Waals surface area contributed by atoms with Crippen LogP contribution in [0.15, 0.2) is 152 Å². The second-order valence-corrected chi connectivity index (χ2v) is 14.6. The normalized spacial score (nSPS) is 28.1. The van der Waals surface area contributed by atoms with E-state index in [-0.39, 0.29) is 28.9 Å². The van der Waals surface area contributed by atoms with Crippen LogP contribution in [0, 0.1) is 0 Å². The molecule has 0 amide bonds. The van der Waals surface area contributed by atoms with Crippen LogP contribution in [0.1, 0.15) is 53.3 Å². The number of rotatable bonds is 12. The Labute approximate surface area is 355 Å². The number of hydrogen-bond donors (Lipinski definition) is 2. The molecule has 0 saturated carbocycles. The monoisotopic (exact) mass is 846 g/mol. The van der Waals surface area contributed by atoms with Crippen molar-refractivity contribution in [3.63, 3.8) is 0 Å². The van der Waals surface area contributed by atoms with Crippen LogP contribution in [0.2, 0.25) is 0 Å². The molecule has 3 saturated heterocycles. The second-order valence-electron chi connectivity index (χ2n) is 14.6. The summed E-state index contributed by atoms with van der Waals surface area (Å²) in [7, 11) is 0. The van der Waals surface area contributed by atoms with Crippen LogP contribution < -0.4 is 0 Å². The van der Waals surface area contributed by atoms with Crippen molar-refractivity contribution >= 4 is 23.9 Å². The third kappa shape index (κ3) is 9.75. The molecule has 0 spiro atoms. The largest absolute Gasteiger partial charge is 0.459 e. The lowest BCUT2D eigenvalue weighted by atomic mass is 9.95. The van der Waals surface area contributed by atoms with Crippen LogP contribution >= 0.6 is 0 Å². The number of carbonyl (C=O) groups excluding carboxylic acids is 4. The molecule has 1 unspecified atom stereocenters. The van der Waals surface area contributed by atoms with Crippen molar-refractivity contribution in [2.45, 2.75) is 67.7 Å². The van der Waals surface area contributed by atoms with Crippen LogP contribution in [0.4, 0.5) is 0 Å². The molecule has 3 fully saturated rings. The Hall–Kier alpha value is -6.30. The number of ether oxygens (including phenoxy) is 9. The van der Waals surface area contributed by atoms with E-state index in [1.165, 1.54) is 48.5 Å². The Bertz CT molecular complexity index is 2260. The highest BCUT2D eigenvalue weighted by Crippen LogP contribution is 2.38. The quantitative estimate of drug-likeness (QED) is 0.128. The molecule has 11 atom stereocenters. The van der Waals surface area contributed by atoms with Crippen LogP contribution in [0.3, 0.4) is 0 Å². The van der Waals surface area contributed by atoms with Crippen LogP contribution in [-0.4, -0.2) is 109 Å². The molecule has 62 heavy (non-hydrogen) atoms. The molecule has 3 heterocycles. The lowest BCUT2D eigenvalue weighted by Crippen LogP contribution is -2.67. The Balaban J connectivity index is 1.16. The zero-order valence-electron chi connectivity index (χ0n) is 32.9. The summed E-state index contributed by atoms with van der Waals surface area (Å²) in [5.74, 6) is -3.48. The average molecular weight is 847 g/mol. The lowest BCUT2D eigenvalue weighted by Gasteiger charge is -2.49. The minimum Gasteiger partial charge on any atom is -0.459 e. The lowest BCUT2D eigenvalue weighted by molar-refractivity contribution is -0.383. The van der Waals surface area contributed by atoms with Crippen molar-refractivity contribution in [1.82, 2.24) is 0 Å². The van der Waals surface area contributed by atoms with E-state index in [0.29, 0.717) is 5.56 Å². The molecule has 5 aromatic carbocycles. The zero-order valence-corrected chi connectivity index (χ0v) is 32.9. The fourth-order valence-corrected chi connectivity index (χ4v) is 7.25. The number of esters is 4. The number of aliphatic hydroxyl groups excluding tert-OH is 2. The first-order valence-corrected chi connectivity index (χ1v) is 19.9. The van der Waals surface area contributed by atoms with Gasteiger partial charge in [-0.15, -0.1) is 0 Å². The summed E-state index contributed by atoms with van der Waals surface area (Å²) in [5, 5.41) is 23.1. The first kappa shape index (κ1) is 42.4. The summed E-state index contributed by atoms with van der Waals surface area (Å²) in [6, 6.07) is 40.8. The Morgan fingerprint density at radius 3 is 1.50 bits per heavy atom. The predicted molar refractivity (Wildman–Crippen MR) is 214 cm³/mol. The number of aliphatic hydroxyl groups is 2. The second kappa shape index (κ2) is 19.6. The Morgan fingerprint density at radius 2 is 0.968 bits per heavy atom. The number of hydrogen-bond acceptors (Lipinski definition) is 15. The number of benzene rings is 5. The maximum Gasteiger partial charge on any atom is 0.340 e. The molecule has 0 aliphatic carbocycles. The van der Waals surface area contributed by atoms with Crippen molar-refractivity contribution in [3.05, 3.63) is 179 Å². The molecular formula is C47H42O15. The minimum atomic E-state index is -1.81. The molecule has 320 valence electrons. The summed E-state index contributed by atoms with van der Waals surface area (Å²) in [6.45, 7) is -0.701. The van der Waals surface area contributed by atoms with Gasteiger partial charge in [-0.3, -0.25) is 0 Å². The number of fused-ring (bicyclic) bond motifs is 1. The van der Waals surface area contributed by atoms with Gasteiger partial charge in [0.15, 0.2) is 18.7 Å². The molecule has 3 aliphatic rings. The molecule has 5 aromatic rings. The SMILES string of the molecule is O=C(OC[C@H]1O[C@H](OC(=O)c2ccccc2)[C@@H](OC(=O)c2ccccc2)[C@@H](OC(=O)c2ccccc2)[C@@H]1O[C@@H]1O[C@@H]2COC(c3ccccc3)O[C@@H]2[C@H](O)[C@H]1O)c1ccccc1. The summed E-state index contributed by atoms with van der Waals surface area (Å²) in [5.41, 5.74) is 1.17. The molecule has 0 bridgehead atoms. The van der Waals surface area contributed by atoms with E-state index in [1.54, 1.807) is 97.1 Å². The Morgan fingerprint density at radius 1 is 0.500 bits per heavy atom.